The van der Waals surface area contributed by atoms with E-state index in [2.05, 4.69) is 12.2 Å². The van der Waals surface area contributed by atoms with Gasteiger partial charge in [0.1, 0.15) is 0 Å². The first kappa shape index (κ1) is 16.3. The van der Waals surface area contributed by atoms with E-state index >= 15 is 0 Å². The molecule has 0 saturated carbocycles. The van der Waals surface area contributed by atoms with Crippen molar-refractivity contribution >= 4 is 15.7 Å². The molecule has 1 aliphatic heterocycles. The third kappa shape index (κ3) is 3.75. The fraction of sp³-hybridized carbons (Fsp3) is 0.600. The quantitative estimate of drug-likeness (QED) is 0.835. The molecule has 0 bridgehead atoms. The molecular formula is C15H24N2O3S. The Bertz CT molecular complexity index is 560. The van der Waals surface area contributed by atoms with E-state index in [1.54, 1.807) is 0 Å². The van der Waals surface area contributed by atoms with Crippen molar-refractivity contribution in [2.45, 2.75) is 25.8 Å². The highest BCUT2D eigenvalue weighted by Gasteiger charge is 2.31. The van der Waals surface area contributed by atoms with Crippen LogP contribution < -0.4 is 9.62 Å². The fourth-order valence-electron chi connectivity index (χ4n) is 2.65. The molecule has 5 nitrogen and oxygen atoms in total. The highest BCUT2D eigenvalue weighted by molar-refractivity contribution is 7.92. The average Bonchev–Trinajstić information content (AvgIpc) is 2.50. The van der Waals surface area contributed by atoms with E-state index in [-0.39, 0.29) is 18.4 Å². The van der Waals surface area contributed by atoms with Crippen LogP contribution in [-0.4, -0.2) is 41.0 Å². The lowest BCUT2D eigenvalue weighted by Gasteiger charge is -2.35. The number of nitrogens with zero attached hydrogens (tertiary/aromatic N) is 1. The topological polar surface area (TPSA) is 58.6 Å². The molecule has 0 radical (unpaired) electrons. The van der Waals surface area contributed by atoms with Gasteiger partial charge in [0.2, 0.25) is 10.0 Å². The number of hydrogen-bond acceptors (Lipinski definition) is 4. The van der Waals surface area contributed by atoms with Crippen LogP contribution in [0.2, 0.25) is 0 Å². The Morgan fingerprint density at radius 1 is 1.38 bits per heavy atom. The maximum atomic E-state index is 12.5. The molecule has 1 aromatic carbocycles. The molecule has 2 rings (SSSR count). The van der Waals surface area contributed by atoms with Crippen LogP contribution in [0.3, 0.4) is 0 Å². The molecule has 1 N–H and O–H groups in total. The zero-order valence-corrected chi connectivity index (χ0v) is 13.5. The summed E-state index contributed by atoms with van der Waals surface area (Å²) < 4.78 is 31.4. The number of para-hydroxylation sites is 1. The molecular weight excluding hydrogens is 288 g/mol. The second-order valence-corrected chi connectivity index (χ2v) is 7.25. The number of nitrogens with one attached hydrogen (secondary N) is 1. The van der Waals surface area contributed by atoms with Crippen molar-refractivity contribution in [3.8, 4) is 0 Å². The number of ether oxygens (including phenoxy) is 1. The lowest BCUT2D eigenvalue weighted by Crippen LogP contribution is -2.41. The first-order chi connectivity index (χ1) is 10.1. The number of rotatable bonds is 7. The molecule has 1 unspecified atom stereocenters. The lowest BCUT2D eigenvalue weighted by molar-refractivity contribution is 0.217. The molecule has 1 atom stereocenters. The van der Waals surface area contributed by atoms with Gasteiger partial charge in [-0.05, 0) is 31.0 Å². The molecule has 0 aromatic heterocycles. The van der Waals surface area contributed by atoms with E-state index in [9.17, 15) is 8.42 Å². The van der Waals surface area contributed by atoms with Crippen molar-refractivity contribution in [1.29, 1.82) is 0 Å². The van der Waals surface area contributed by atoms with Crippen molar-refractivity contribution in [1.82, 2.24) is 5.32 Å². The Kier molecular flexibility index (Phi) is 5.61. The Hall–Kier alpha value is -1.11. The van der Waals surface area contributed by atoms with E-state index in [0.717, 1.165) is 30.6 Å². The number of benzene rings is 1. The van der Waals surface area contributed by atoms with E-state index < -0.39 is 10.0 Å². The van der Waals surface area contributed by atoms with Crippen LogP contribution >= 0.6 is 0 Å². The minimum atomic E-state index is -3.32. The van der Waals surface area contributed by atoms with E-state index in [1.807, 2.05) is 24.3 Å². The third-order valence-corrected chi connectivity index (χ3v) is 5.46. The summed E-state index contributed by atoms with van der Waals surface area (Å²) in [5.41, 5.74) is 1.87. The van der Waals surface area contributed by atoms with Crippen molar-refractivity contribution in [2.24, 2.45) is 0 Å². The average molecular weight is 312 g/mol. The van der Waals surface area contributed by atoms with Crippen LogP contribution in [0.1, 0.15) is 31.4 Å². The van der Waals surface area contributed by atoms with Crippen LogP contribution in [0.15, 0.2) is 24.3 Å². The molecule has 0 fully saturated rings. The van der Waals surface area contributed by atoms with Crippen molar-refractivity contribution < 1.29 is 13.2 Å². The Morgan fingerprint density at radius 3 is 2.86 bits per heavy atom. The second-order valence-electron chi connectivity index (χ2n) is 5.24. The van der Waals surface area contributed by atoms with Gasteiger partial charge in [0.05, 0.1) is 18.0 Å². The molecule has 6 heteroatoms. The molecule has 0 saturated heterocycles. The number of fused-ring (bicyclic) bond motifs is 1. The first-order valence-corrected chi connectivity index (χ1v) is 9.02. The molecule has 1 heterocycles. The van der Waals surface area contributed by atoms with Crippen LogP contribution in [0.4, 0.5) is 5.69 Å². The molecule has 118 valence electrons. The zero-order chi connectivity index (χ0) is 15.3. The standard InChI is InChI=1S/C15H24N2O3S/c1-3-9-16-14-8-10-17(21(18,19)12-11-20-2)15-7-5-4-6-13(14)15/h4-7,14,16H,3,8-12H2,1-2H3. The smallest absolute Gasteiger partial charge is 0.237 e. The van der Waals surface area contributed by atoms with Crippen molar-refractivity contribution in [3.63, 3.8) is 0 Å². The summed E-state index contributed by atoms with van der Waals surface area (Å²) in [7, 11) is -1.80. The van der Waals surface area contributed by atoms with Crippen LogP contribution in [0.5, 0.6) is 0 Å². The van der Waals surface area contributed by atoms with Gasteiger partial charge in [-0.2, -0.15) is 0 Å². The van der Waals surface area contributed by atoms with Crippen LogP contribution in [0, 0.1) is 0 Å². The summed E-state index contributed by atoms with van der Waals surface area (Å²) in [6.45, 7) is 3.81. The van der Waals surface area contributed by atoms with Gasteiger partial charge in [0, 0.05) is 19.7 Å². The van der Waals surface area contributed by atoms with Gasteiger partial charge in [-0.3, -0.25) is 4.31 Å². The fourth-order valence-corrected chi connectivity index (χ4v) is 4.10. The summed E-state index contributed by atoms with van der Waals surface area (Å²) in [6, 6.07) is 7.99. The highest BCUT2D eigenvalue weighted by atomic mass is 32.2. The number of sulfonamides is 1. The molecule has 0 amide bonds. The van der Waals surface area contributed by atoms with Crippen molar-refractivity contribution in [3.05, 3.63) is 29.8 Å². The van der Waals surface area contributed by atoms with E-state index in [0.29, 0.717) is 6.54 Å². The monoisotopic (exact) mass is 312 g/mol. The number of hydrogen-bond donors (Lipinski definition) is 1. The summed E-state index contributed by atoms with van der Waals surface area (Å²) in [5.74, 6) is 0.0187. The Balaban J connectivity index is 2.26. The largest absolute Gasteiger partial charge is 0.384 e. The van der Waals surface area contributed by atoms with Crippen LogP contribution in [-0.2, 0) is 14.8 Å². The minimum Gasteiger partial charge on any atom is -0.384 e. The lowest BCUT2D eigenvalue weighted by atomic mass is 9.98. The maximum Gasteiger partial charge on any atom is 0.237 e. The van der Waals surface area contributed by atoms with Gasteiger partial charge in [0.15, 0.2) is 0 Å². The molecule has 21 heavy (non-hydrogen) atoms. The molecule has 0 spiro atoms. The first-order valence-electron chi connectivity index (χ1n) is 7.41. The van der Waals surface area contributed by atoms with Gasteiger partial charge in [-0.25, -0.2) is 8.42 Å². The summed E-state index contributed by atoms with van der Waals surface area (Å²) >= 11 is 0. The van der Waals surface area contributed by atoms with Gasteiger partial charge in [-0.15, -0.1) is 0 Å². The van der Waals surface area contributed by atoms with Gasteiger partial charge in [-0.1, -0.05) is 25.1 Å². The Labute approximate surface area is 127 Å². The normalized spacial score (nSPS) is 18.6. The number of methoxy groups -OCH3 is 1. The summed E-state index contributed by atoms with van der Waals surface area (Å²) in [4.78, 5) is 0. The SMILES string of the molecule is CCCNC1CCN(S(=O)(=O)CCOC)c2ccccc21. The molecule has 1 aliphatic rings. The maximum absolute atomic E-state index is 12.5. The Morgan fingerprint density at radius 2 is 2.14 bits per heavy atom. The van der Waals surface area contributed by atoms with Gasteiger partial charge < -0.3 is 10.1 Å². The van der Waals surface area contributed by atoms with Crippen molar-refractivity contribution in [2.75, 3.05) is 36.9 Å². The molecule has 1 aromatic rings. The molecule has 0 aliphatic carbocycles. The van der Waals surface area contributed by atoms with E-state index in [1.165, 1.54) is 11.4 Å². The highest BCUT2D eigenvalue weighted by Crippen LogP contribution is 2.35. The predicted molar refractivity (Wildman–Crippen MR) is 85.1 cm³/mol. The van der Waals surface area contributed by atoms with Gasteiger partial charge >= 0.3 is 0 Å². The second kappa shape index (κ2) is 7.24. The summed E-state index contributed by atoms with van der Waals surface area (Å²) in [6.07, 6.45) is 1.86. The van der Waals surface area contributed by atoms with E-state index in [4.69, 9.17) is 4.74 Å². The van der Waals surface area contributed by atoms with Gasteiger partial charge in [0.25, 0.3) is 0 Å². The zero-order valence-electron chi connectivity index (χ0n) is 12.7. The number of anilines is 1. The summed E-state index contributed by atoms with van der Waals surface area (Å²) in [5, 5.41) is 3.50. The third-order valence-electron chi connectivity index (χ3n) is 3.72. The van der Waals surface area contributed by atoms with Crippen LogP contribution in [0.25, 0.3) is 0 Å². The predicted octanol–water partition coefficient (Wildman–Crippen LogP) is 1.91. The minimum absolute atomic E-state index is 0.0187.